The summed E-state index contributed by atoms with van der Waals surface area (Å²) in [6.45, 7) is 8.36. The van der Waals surface area contributed by atoms with Crippen LogP contribution in [0, 0.1) is 27.9 Å². The van der Waals surface area contributed by atoms with E-state index in [1.165, 1.54) is 25.7 Å². The number of benzene rings is 1. The lowest BCUT2D eigenvalue weighted by molar-refractivity contribution is -0.384. The van der Waals surface area contributed by atoms with Crippen molar-refractivity contribution in [3.63, 3.8) is 0 Å². The summed E-state index contributed by atoms with van der Waals surface area (Å²) in [5.74, 6) is 2.09. The molecule has 0 spiro atoms. The van der Waals surface area contributed by atoms with Crippen LogP contribution in [-0.4, -0.2) is 29.5 Å². The Hall–Kier alpha value is -1.46. The summed E-state index contributed by atoms with van der Waals surface area (Å²) >= 11 is 0. The third kappa shape index (κ3) is 5.87. The van der Waals surface area contributed by atoms with Gasteiger partial charge in [0.1, 0.15) is 0 Å². The molecule has 1 saturated carbocycles. The molecule has 1 fully saturated rings. The van der Waals surface area contributed by atoms with Crippen molar-refractivity contribution in [2.45, 2.75) is 46.1 Å². The highest BCUT2D eigenvalue weighted by atomic mass is 16.6. The van der Waals surface area contributed by atoms with E-state index >= 15 is 0 Å². The van der Waals surface area contributed by atoms with Crippen molar-refractivity contribution in [1.29, 1.82) is 0 Å². The van der Waals surface area contributed by atoms with Crippen molar-refractivity contribution in [3.8, 4) is 0 Å². The second kappa shape index (κ2) is 9.14. The Kier molecular flexibility index (Phi) is 7.18. The number of hydrogen-bond acceptors (Lipinski definition) is 4. The lowest BCUT2D eigenvalue weighted by Gasteiger charge is -2.33. The molecule has 2 N–H and O–H groups in total. The first-order chi connectivity index (χ1) is 11.5. The van der Waals surface area contributed by atoms with Crippen LogP contribution in [0.4, 0.5) is 5.69 Å². The molecule has 2 rings (SSSR count). The van der Waals surface area contributed by atoms with E-state index in [4.69, 9.17) is 5.73 Å². The van der Waals surface area contributed by atoms with Gasteiger partial charge in [0.25, 0.3) is 5.69 Å². The molecule has 0 radical (unpaired) electrons. The summed E-state index contributed by atoms with van der Waals surface area (Å²) in [5, 5.41) is 10.8. The van der Waals surface area contributed by atoms with Gasteiger partial charge in [-0.2, -0.15) is 0 Å². The maximum absolute atomic E-state index is 10.8. The topological polar surface area (TPSA) is 72.4 Å². The third-order valence-corrected chi connectivity index (χ3v) is 4.99. The Morgan fingerprint density at radius 2 is 1.75 bits per heavy atom. The molecule has 0 aliphatic heterocycles. The molecular formula is C19H31N3O2. The molecule has 0 aromatic heterocycles. The maximum Gasteiger partial charge on any atom is 0.269 e. The van der Waals surface area contributed by atoms with Gasteiger partial charge in [0.15, 0.2) is 0 Å². The van der Waals surface area contributed by atoms with Crippen molar-refractivity contribution < 1.29 is 4.92 Å². The van der Waals surface area contributed by atoms with Gasteiger partial charge < -0.3 is 5.73 Å². The Labute approximate surface area is 145 Å². The Bertz CT molecular complexity index is 508. The van der Waals surface area contributed by atoms with Gasteiger partial charge in [-0.1, -0.05) is 26.0 Å². The van der Waals surface area contributed by atoms with Gasteiger partial charge in [0, 0.05) is 31.8 Å². The molecule has 0 unspecified atom stereocenters. The number of hydrogen-bond donors (Lipinski definition) is 1. The van der Waals surface area contributed by atoms with E-state index in [2.05, 4.69) is 18.7 Å². The summed E-state index contributed by atoms with van der Waals surface area (Å²) in [5.41, 5.74) is 7.10. The fraction of sp³-hybridized carbons (Fsp3) is 0.684. The molecule has 5 nitrogen and oxygen atoms in total. The van der Waals surface area contributed by atoms with E-state index in [1.807, 2.05) is 12.1 Å². The van der Waals surface area contributed by atoms with E-state index in [1.54, 1.807) is 12.1 Å². The van der Waals surface area contributed by atoms with Gasteiger partial charge in [-0.3, -0.25) is 15.0 Å². The van der Waals surface area contributed by atoms with Crippen LogP contribution in [0.2, 0.25) is 0 Å². The highest BCUT2D eigenvalue weighted by Gasteiger charge is 2.22. The molecule has 1 aliphatic carbocycles. The smallest absolute Gasteiger partial charge is 0.269 e. The molecule has 0 saturated heterocycles. The largest absolute Gasteiger partial charge is 0.330 e. The molecule has 0 atom stereocenters. The molecule has 0 amide bonds. The normalized spacial score (nSPS) is 21.4. The fourth-order valence-corrected chi connectivity index (χ4v) is 3.72. The molecule has 0 heterocycles. The van der Waals surface area contributed by atoms with Gasteiger partial charge in [-0.05, 0) is 55.5 Å². The molecule has 5 heteroatoms. The predicted molar refractivity (Wildman–Crippen MR) is 97.7 cm³/mol. The number of nitrogens with zero attached hydrogens (tertiary/aromatic N) is 2. The van der Waals surface area contributed by atoms with Gasteiger partial charge in [0.05, 0.1) is 4.92 Å². The average molecular weight is 333 g/mol. The van der Waals surface area contributed by atoms with Crippen LogP contribution in [0.15, 0.2) is 24.3 Å². The van der Waals surface area contributed by atoms with Gasteiger partial charge in [-0.25, -0.2) is 0 Å². The van der Waals surface area contributed by atoms with Gasteiger partial charge in [-0.15, -0.1) is 0 Å². The van der Waals surface area contributed by atoms with Crippen molar-refractivity contribution in [1.82, 2.24) is 4.90 Å². The van der Waals surface area contributed by atoms with Gasteiger partial charge >= 0.3 is 0 Å². The Morgan fingerprint density at radius 1 is 1.17 bits per heavy atom. The molecule has 1 aromatic rings. The summed E-state index contributed by atoms with van der Waals surface area (Å²) in [6.07, 6.45) is 5.07. The van der Waals surface area contributed by atoms with Crippen LogP contribution < -0.4 is 5.73 Å². The SMILES string of the molecule is CC(C)CN(Cc1ccc([N+](=O)[O-])cc1)CC1CCC(CN)CC1. The quantitative estimate of drug-likeness (QED) is 0.580. The fourth-order valence-electron chi connectivity index (χ4n) is 3.72. The monoisotopic (exact) mass is 333 g/mol. The zero-order valence-electron chi connectivity index (χ0n) is 15.0. The minimum absolute atomic E-state index is 0.161. The van der Waals surface area contributed by atoms with Crippen molar-refractivity contribution in [2.75, 3.05) is 19.6 Å². The molecule has 1 aliphatic rings. The number of nitro benzene ring substituents is 1. The highest BCUT2D eigenvalue weighted by Crippen LogP contribution is 2.29. The molecule has 134 valence electrons. The Balaban J connectivity index is 1.94. The first kappa shape index (κ1) is 18.9. The highest BCUT2D eigenvalue weighted by molar-refractivity contribution is 5.32. The second-order valence-electron chi connectivity index (χ2n) is 7.63. The number of non-ortho nitro benzene ring substituents is 1. The zero-order chi connectivity index (χ0) is 17.5. The predicted octanol–water partition coefficient (Wildman–Crippen LogP) is 3.82. The van der Waals surface area contributed by atoms with Crippen molar-refractivity contribution in [2.24, 2.45) is 23.5 Å². The van der Waals surface area contributed by atoms with E-state index < -0.39 is 0 Å². The third-order valence-electron chi connectivity index (χ3n) is 4.99. The second-order valence-corrected chi connectivity index (χ2v) is 7.63. The van der Waals surface area contributed by atoms with Crippen LogP contribution in [0.3, 0.4) is 0 Å². The number of nitro groups is 1. The van der Waals surface area contributed by atoms with Crippen LogP contribution in [0.5, 0.6) is 0 Å². The molecule has 0 bridgehead atoms. The minimum atomic E-state index is -0.342. The van der Waals surface area contributed by atoms with Crippen molar-refractivity contribution >= 4 is 5.69 Å². The van der Waals surface area contributed by atoms with Gasteiger partial charge in [0.2, 0.25) is 0 Å². The van der Waals surface area contributed by atoms with E-state index in [9.17, 15) is 10.1 Å². The lowest BCUT2D eigenvalue weighted by atomic mass is 9.81. The van der Waals surface area contributed by atoms with E-state index in [-0.39, 0.29) is 10.6 Å². The van der Waals surface area contributed by atoms with E-state index in [0.717, 1.165) is 43.6 Å². The lowest BCUT2D eigenvalue weighted by Crippen LogP contribution is -2.34. The Morgan fingerprint density at radius 3 is 2.25 bits per heavy atom. The standard InChI is InChI=1S/C19H31N3O2/c1-15(2)12-21(13-17-5-3-16(11-20)4-6-17)14-18-7-9-19(10-8-18)22(23)24/h7-10,15-17H,3-6,11-14,20H2,1-2H3. The first-order valence-corrected chi connectivity index (χ1v) is 9.13. The van der Waals surface area contributed by atoms with Crippen LogP contribution in [0.25, 0.3) is 0 Å². The maximum atomic E-state index is 10.8. The summed E-state index contributed by atoms with van der Waals surface area (Å²) in [6, 6.07) is 6.98. The summed E-state index contributed by atoms with van der Waals surface area (Å²) in [4.78, 5) is 13.0. The minimum Gasteiger partial charge on any atom is -0.330 e. The number of nitrogens with two attached hydrogens (primary N) is 1. The van der Waals surface area contributed by atoms with Crippen LogP contribution in [-0.2, 0) is 6.54 Å². The van der Waals surface area contributed by atoms with Crippen LogP contribution >= 0.6 is 0 Å². The molecule has 1 aromatic carbocycles. The molecule has 24 heavy (non-hydrogen) atoms. The van der Waals surface area contributed by atoms with E-state index in [0.29, 0.717) is 5.92 Å². The number of rotatable bonds is 8. The molecular weight excluding hydrogens is 302 g/mol. The summed E-state index contributed by atoms with van der Waals surface area (Å²) < 4.78 is 0. The van der Waals surface area contributed by atoms with Crippen molar-refractivity contribution in [3.05, 3.63) is 39.9 Å². The van der Waals surface area contributed by atoms with Crippen LogP contribution in [0.1, 0.15) is 45.1 Å². The summed E-state index contributed by atoms with van der Waals surface area (Å²) in [7, 11) is 0. The average Bonchev–Trinajstić information content (AvgIpc) is 2.55. The first-order valence-electron chi connectivity index (χ1n) is 9.13. The zero-order valence-corrected chi connectivity index (χ0v) is 15.0.